The van der Waals surface area contributed by atoms with Crippen molar-refractivity contribution in [2.75, 3.05) is 5.32 Å². The van der Waals surface area contributed by atoms with E-state index < -0.39 is 0 Å². The molecule has 0 saturated carbocycles. The molecule has 0 radical (unpaired) electrons. The van der Waals surface area contributed by atoms with E-state index in [1.807, 2.05) is 19.9 Å². The molecular weight excluding hydrogens is 364 g/mol. The molecule has 29 heavy (non-hydrogen) atoms. The molecule has 0 atom stereocenters. The Morgan fingerprint density at radius 1 is 1.14 bits per heavy atom. The Kier molecular flexibility index (Phi) is 5.34. The van der Waals surface area contributed by atoms with E-state index in [1.165, 1.54) is 16.4 Å². The largest absolute Gasteiger partial charge is 0.341 e. The van der Waals surface area contributed by atoms with E-state index in [0.29, 0.717) is 31.0 Å². The summed E-state index contributed by atoms with van der Waals surface area (Å²) in [5.41, 5.74) is 3.22. The van der Waals surface area contributed by atoms with Crippen LogP contribution < -0.4 is 5.32 Å². The zero-order valence-electron chi connectivity index (χ0n) is 17.1. The lowest BCUT2D eigenvalue weighted by atomic mass is 10.1. The van der Waals surface area contributed by atoms with Crippen LogP contribution in [0.5, 0.6) is 0 Å². The molecule has 6 nitrogen and oxygen atoms in total. The molecule has 2 heterocycles. The summed E-state index contributed by atoms with van der Waals surface area (Å²) in [6.45, 7) is 7.10. The van der Waals surface area contributed by atoms with Gasteiger partial charge >= 0.3 is 0 Å². The Hall–Kier alpha value is -3.15. The fraction of sp³-hybridized carbons (Fsp3) is 0.348. The number of carbonyl (C=O) groups is 1. The maximum Gasteiger partial charge on any atom is 0.226 e. The van der Waals surface area contributed by atoms with Crippen molar-refractivity contribution in [1.29, 1.82) is 0 Å². The molecule has 4 rings (SSSR count). The van der Waals surface area contributed by atoms with Crippen LogP contribution in [-0.4, -0.2) is 20.6 Å². The summed E-state index contributed by atoms with van der Waals surface area (Å²) in [6.07, 6.45) is 1.69. The molecule has 1 N–H and O–H groups in total. The molecule has 4 aromatic rings. The minimum atomic E-state index is -0.00724. The molecule has 0 bridgehead atoms. The quantitative estimate of drug-likeness (QED) is 0.466. The van der Waals surface area contributed by atoms with Gasteiger partial charge in [0.15, 0.2) is 5.82 Å². The number of aromatic nitrogens is 3. The molecular formula is C23H26N4O2. The second-order valence-corrected chi connectivity index (χ2v) is 7.60. The highest BCUT2D eigenvalue weighted by Gasteiger charge is 2.12. The van der Waals surface area contributed by atoms with Crippen LogP contribution >= 0.6 is 0 Å². The van der Waals surface area contributed by atoms with Crippen LogP contribution in [0.2, 0.25) is 0 Å². The Morgan fingerprint density at radius 2 is 1.93 bits per heavy atom. The molecule has 0 spiro atoms. The number of nitrogens with one attached hydrogen (secondary N) is 1. The second-order valence-electron chi connectivity index (χ2n) is 7.60. The summed E-state index contributed by atoms with van der Waals surface area (Å²) in [4.78, 5) is 16.7. The van der Waals surface area contributed by atoms with Gasteiger partial charge < -0.3 is 14.4 Å². The third-order valence-electron chi connectivity index (χ3n) is 5.17. The van der Waals surface area contributed by atoms with Crippen molar-refractivity contribution in [2.45, 2.75) is 52.5 Å². The molecule has 150 valence electrons. The SMILES string of the molecule is CCn1c2ccccc2c2cc(NC(=O)CCCc3nc(C(C)C)no3)ccc21. The van der Waals surface area contributed by atoms with Crippen molar-refractivity contribution in [3.8, 4) is 0 Å². The number of aryl methyl sites for hydroxylation is 2. The first-order chi connectivity index (χ1) is 14.1. The van der Waals surface area contributed by atoms with Gasteiger partial charge in [-0.25, -0.2) is 0 Å². The Bertz CT molecular complexity index is 1160. The first-order valence-electron chi connectivity index (χ1n) is 10.2. The topological polar surface area (TPSA) is 73.0 Å². The maximum atomic E-state index is 12.4. The average molecular weight is 390 g/mol. The lowest BCUT2D eigenvalue weighted by Gasteiger charge is -2.06. The summed E-state index contributed by atoms with van der Waals surface area (Å²) in [5, 5.41) is 9.34. The number of carbonyl (C=O) groups excluding carboxylic acids is 1. The van der Waals surface area contributed by atoms with Gasteiger partial charge in [-0.05, 0) is 37.6 Å². The predicted octanol–water partition coefficient (Wildman–Crippen LogP) is 5.28. The number of hydrogen-bond acceptors (Lipinski definition) is 4. The van der Waals surface area contributed by atoms with E-state index in [-0.39, 0.29) is 11.8 Å². The third kappa shape index (κ3) is 3.88. The summed E-state index contributed by atoms with van der Waals surface area (Å²) in [5.74, 6) is 1.54. The zero-order chi connectivity index (χ0) is 20.4. The smallest absolute Gasteiger partial charge is 0.226 e. The van der Waals surface area contributed by atoms with E-state index in [0.717, 1.165) is 17.6 Å². The van der Waals surface area contributed by atoms with Gasteiger partial charge in [0.05, 0.1) is 0 Å². The Balaban J connectivity index is 1.43. The van der Waals surface area contributed by atoms with E-state index in [9.17, 15) is 4.79 Å². The van der Waals surface area contributed by atoms with Crippen molar-refractivity contribution >= 4 is 33.4 Å². The highest BCUT2D eigenvalue weighted by Crippen LogP contribution is 2.31. The van der Waals surface area contributed by atoms with Crippen LogP contribution in [0.1, 0.15) is 51.2 Å². The molecule has 2 aromatic heterocycles. The van der Waals surface area contributed by atoms with Gasteiger partial charge in [-0.1, -0.05) is 37.2 Å². The van der Waals surface area contributed by atoms with Gasteiger partial charge in [-0.2, -0.15) is 4.98 Å². The number of para-hydroxylation sites is 1. The van der Waals surface area contributed by atoms with Crippen LogP contribution in [0, 0.1) is 0 Å². The molecule has 0 aliphatic carbocycles. The van der Waals surface area contributed by atoms with Gasteiger partial charge in [-0.3, -0.25) is 4.79 Å². The molecule has 1 amide bonds. The summed E-state index contributed by atoms with van der Waals surface area (Å²) < 4.78 is 7.53. The number of amides is 1. The third-order valence-corrected chi connectivity index (χ3v) is 5.17. The van der Waals surface area contributed by atoms with E-state index in [1.54, 1.807) is 0 Å². The number of anilines is 1. The highest BCUT2D eigenvalue weighted by molar-refractivity contribution is 6.09. The van der Waals surface area contributed by atoms with E-state index in [2.05, 4.69) is 63.3 Å². The van der Waals surface area contributed by atoms with Crippen molar-refractivity contribution in [3.05, 3.63) is 54.2 Å². The number of rotatable bonds is 7. The molecule has 2 aromatic carbocycles. The number of benzene rings is 2. The van der Waals surface area contributed by atoms with E-state index in [4.69, 9.17) is 4.52 Å². The summed E-state index contributed by atoms with van der Waals surface area (Å²) in [6, 6.07) is 14.5. The minimum Gasteiger partial charge on any atom is -0.341 e. The van der Waals surface area contributed by atoms with Gasteiger partial charge in [0.25, 0.3) is 0 Å². The molecule has 0 aliphatic heterocycles. The second kappa shape index (κ2) is 8.07. The van der Waals surface area contributed by atoms with Gasteiger partial charge in [0.2, 0.25) is 11.8 Å². The van der Waals surface area contributed by atoms with Crippen LogP contribution in [0.3, 0.4) is 0 Å². The molecule has 0 saturated heterocycles. The highest BCUT2D eigenvalue weighted by atomic mass is 16.5. The number of fused-ring (bicyclic) bond motifs is 3. The van der Waals surface area contributed by atoms with Crippen LogP contribution in [0.4, 0.5) is 5.69 Å². The Labute approximate surface area is 169 Å². The first kappa shape index (κ1) is 19.2. The molecule has 6 heteroatoms. The van der Waals surface area contributed by atoms with Crippen molar-refractivity contribution in [1.82, 2.24) is 14.7 Å². The summed E-state index contributed by atoms with van der Waals surface area (Å²) >= 11 is 0. The average Bonchev–Trinajstić information content (AvgIpc) is 3.30. The summed E-state index contributed by atoms with van der Waals surface area (Å²) in [7, 11) is 0. The van der Waals surface area contributed by atoms with Gasteiger partial charge in [-0.15, -0.1) is 0 Å². The molecule has 0 unspecified atom stereocenters. The fourth-order valence-electron chi connectivity index (χ4n) is 3.70. The van der Waals surface area contributed by atoms with Crippen molar-refractivity contribution in [3.63, 3.8) is 0 Å². The lowest BCUT2D eigenvalue weighted by Crippen LogP contribution is -2.11. The van der Waals surface area contributed by atoms with E-state index >= 15 is 0 Å². The normalized spacial score (nSPS) is 11.6. The minimum absolute atomic E-state index is 0.00724. The van der Waals surface area contributed by atoms with Crippen LogP contribution in [0.15, 0.2) is 47.0 Å². The maximum absolute atomic E-state index is 12.4. The molecule has 0 fully saturated rings. The van der Waals surface area contributed by atoms with Crippen LogP contribution in [0.25, 0.3) is 21.8 Å². The lowest BCUT2D eigenvalue weighted by molar-refractivity contribution is -0.116. The zero-order valence-corrected chi connectivity index (χ0v) is 17.1. The predicted molar refractivity (Wildman–Crippen MR) is 115 cm³/mol. The Morgan fingerprint density at radius 3 is 2.69 bits per heavy atom. The first-order valence-corrected chi connectivity index (χ1v) is 10.2. The number of nitrogens with zero attached hydrogens (tertiary/aromatic N) is 3. The van der Waals surface area contributed by atoms with Crippen LogP contribution in [-0.2, 0) is 17.8 Å². The number of hydrogen-bond donors (Lipinski definition) is 1. The fourth-order valence-corrected chi connectivity index (χ4v) is 3.70. The van der Waals surface area contributed by atoms with Crippen molar-refractivity contribution < 1.29 is 9.32 Å². The molecule has 0 aliphatic rings. The van der Waals surface area contributed by atoms with Gasteiger partial charge in [0.1, 0.15) is 0 Å². The standard InChI is InChI=1S/C23H26N4O2/c1-4-27-19-9-6-5-8-17(19)18-14-16(12-13-20(18)27)24-21(28)10-7-11-22-25-23(15(2)3)26-29-22/h5-6,8-9,12-15H,4,7,10-11H2,1-3H3,(H,24,28). The van der Waals surface area contributed by atoms with Gasteiger partial charge in [0, 0.05) is 52.8 Å². The monoisotopic (exact) mass is 390 g/mol. The van der Waals surface area contributed by atoms with Crippen molar-refractivity contribution in [2.24, 2.45) is 0 Å².